The molecule has 0 atom stereocenters. The van der Waals surface area contributed by atoms with E-state index in [2.05, 4.69) is 0 Å². The van der Waals surface area contributed by atoms with Crippen molar-refractivity contribution in [2.75, 3.05) is 26.8 Å². The summed E-state index contributed by atoms with van der Waals surface area (Å²) < 4.78 is 38.4. The highest BCUT2D eigenvalue weighted by Gasteiger charge is 2.25. The fraction of sp³-hybridized carbons (Fsp3) is 0.421. The molecule has 0 aliphatic rings. The number of rotatable bonds is 9. The number of carbonyl (C=O) groups excluding carboxylic acids is 1. The minimum atomic E-state index is -3.61. The van der Waals surface area contributed by atoms with Gasteiger partial charge in [-0.25, -0.2) is 13.2 Å². The van der Waals surface area contributed by atoms with Crippen molar-refractivity contribution in [1.29, 1.82) is 0 Å². The van der Waals surface area contributed by atoms with Crippen LogP contribution in [-0.4, -0.2) is 50.1 Å². The number of benzene rings is 1. The van der Waals surface area contributed by atoms with Crippen LogP contribution in [0.1, 0.15) is 29.9 Å². The largest absolute Gasteiger partial charge is 0.497 e. The molecule has 0 saturated carbocycles. The lowest BCUT2D eigenvalue weighted by Crippen LogP contribution is -2.30. The van der Waals surface area contributed by atoms with E-state index < -0.39 is 16.0 Å². The quantitative estimate of drug-likeness (QED) is 0.611. The molecule has 0 bridgehead atoms. The van der Waals surface area contributed by atoms with Gasteiger partial charge in [-0.15, -0.1) is 0 Å². The van der Waals surface area contributed by atoms with Gasteiger partial charge in [0.05, 0.1) is 13.7 Å². The molecule has 148 valence electrons. The van der Waals surface area contributed by atoms with Gasteiger partial charge < -0.3 is 14.0 Å². The van der Waals surface area contributed by atoms with Crippen LogP contribution in [0.4, 0.5) is 0 Å². The number of nitrogens with zero attached hydrogens (tertiary/aromatic N) is 2. The lowest BCUT2D eigenvalue weighted by atomic mass is 10.1. The van der Waals surface area contributed by atoms with Crippen molar-refractivity contribution < 1.29 is 22.7 Å². The summed E-state index contributed by atoms with van der Waals surface area (Å²) in [7, 11) is -0.385. The Kier molecular flexibility index (Phi) is 7.04. The first-order valence-corrected chi connectivity index (χ1v) is 10.2. The third-order valence-electron chi connectivity index (χ3n) is 4.32. The number of hydrogen-bond donors (Lipinski definition) is 0. The van der Waals surface area contributed by atoms with Gasteiger partial charge >= 0.3 is 5.97 Å². The lowest BCUT2D eigenvalue weighted by Gasteiger charge is -2.17. The maximum absolute atomic E-state index is 12.6. The van der Waals surface area contributed by atoms with Gasteiger partial charge in [0.2, 0.25) is 10.0 Å². The summed E-state index contributed by atoms with van der Waals surface area (Å²) in [6.45, 7) is 4.50. The molecular formula is C19H26N2O5S. The summed E-state index contributed by atoms with van der Waals surface area (Å²) in [4.78, 5) is 12.4. The van der Waals surface area contributed by atoms with E-state index in [1.807, 2.05) is 24.3 Å². The first kappa shape index (κ1) is 21.0. The number of esters is 1. The number of methoxy groups -OCH3 is 1. The fourth-order valence-corrected chi connectivity index (χ4v) is 4.25. The van der Waals surface area contributed by atoms with Crippen LogP contribution < -0.4 is 4.74 Å². The van der Waals surface area contributed by atoms with Gasteiger partial charge in [0.25, 0.3) is 0 Å². The van der Waals surface area contributed by atoms with E-state index in [0.29, 0.717) is 19.5 Å². The van der Waals surface area contributed by atoms with Gasteiger partial charge in [0, 0.05) is 32.8 Å². The molecule has 0 aliphatic carbocycles. The number of carbonyl (C=O) groups is 1. The molecule has 2 aromatic rings. The number of hydrogen-bond acceptors (Lipinski definition) is 5. The Balaban J connectivity index is 2.03. The summed E-state index contributed by atoms with van der Waals surface area (Å²) in [5.41, 5.74) is 1.22. The molecule has 0 radical (unpaired) electrons. The van der Waals surface area contributed by atoms with Crippen molar-refractivity contribution in [3.8, 4) is 5.75 Å². The summed E-state index contributed by atoms with van der Waals surface area (Å²) >= 11 is 0. The van der Waals surface area contributed by atoms with Crippen molar-refractivity contribution in [2.24, 2.45) is 7.05 Å². The average Bonchev–Trinajstić information content (AvgIpc) is 3.05. The van der Waals surface area contributed by atoms with E-state index >= 15 is 0 Å². The van der Waals surface area contributed by atoms with Crippen LogP contribution in [0.15, 0.2) is 41.4 Å². The van der Waals surface area contributed by atoms with E-state index in [-0.39, 0.29) is 17.2 Å². The Morgan fingerprint density at radius 3 is 2.33 bits per heavy atom. The van der Waals surface area contributed by atoms with Crippen molar-refractivity contribution in [3.05, 3.63) is 47.8 Å². The van der Waals surface area contributed by atoms with Gasteiger partial charge in [-0.05, 0) is 23.8 Å². The highest BCUT2D eigenvalue weighted by Crippen LogP contribution is 2.19. The third kappa shape index (κ3) is 4.90. The highest BCUT2D eigenvalue weighted by molar-refractivity contribution is 7.89. The van der Waals surface area contributed by atoms with Gasteiger partial charge in [-0.1, -0.05) is 26.0 Å². The Bertz CT molecular complexity index is 868. The summed E-state index contributed by atoms with van der Waals surface area (Å²) in [6, 6.07) is 8.87. The van der Waals surface area contributed by atoms with Crippen LogP contribution in [0.2, 0.25) is 0 Å². The van der Waals surface area contributed by atoms with E-state index in [0.717, 1.165) is 11.3 Å². The summed E-state index contributed by atoms with van der Waals surface area (Å²) in [6.07, 6.45) is 2.00. The third-order valence-corrected chi connectivity index (χ3v) is 6.33. The molecule has 0 N–H and O–H groups in total. The lowest BCUT2D eigenvalue weighted by molar-refractivity contribution is 0.0498. The van der Waals surface area contributed by atoms with Crippen molar-refractivity contribution in [1.82, 2.24) is 8.87 Å². The Labute approximate surface area is 160 Å². The van der Waals surface area contributed by atoms with Crippen LogP contribution in [0.3, 0.4) is 0 Å². The fourth-order valence-electron chi connectivity index (χ4n) is 2.72. The predicted octanol–water partition coefficient (Wildman–Crippen LogP) is 2.46. The van der Waals surface area contributed by atoms with Crippen molar-refractivity contribution in [2.45, 2.75) is 25.2 Å². The maximum Gasteiger partial charge on any atom is 0.354 e. The second kappa shape index (κ2) is 9.05. The number of ether oxygens (including phenoxy) is 2. The monoisotopic (exact) mass is 394 g/mol. The first-order valence-electron chi connectivity index (χ1n) is 8.80. The van der Waals surface area contributed by atoms with Crippen molar-refractivity contribution >= 4 is 16.0 Å². The molecule has 1 heterocycles. The molecule has 0 spiro atoms. The van der Waals surface area contributed by atoms with E-state index in [1.165, 1.54) is 21.1 Å². The molecule has 1 aromatic carbocycles. The average molecular weight is 394 g/mol. The minimum Gasteiger partial charge on any atom is -0.497 e. The van der Waals surface area contributed by atoms with Gasteiger partial charge in [0.15, 0.2) is 0 Å². The molecule has 0 saturated heterocycles. The smallest absolute Gasteiger partial charge is 0.354 e. The van der Waals surface area contributed by atoms with Crippen LogP contribution in [0, 0.1) is 0 Å². The molecule has 8 heteroatoms. The normalized spacial score (nSPS) is 11.6. The molecule has 2 rings (SSSR count). The van der Waals surface area contributed by atoms with Gasteiger partial charge in [-0.3, -0.25) is 0 Å². The molecular weight excluding hydrogens is 368 g/mol. The zero-order chi connectivity index (χ0) is 20.0. The Morgan fingerprint density at radius 2 is 1.78 bits per heavy atom. The van der Waals surface area contributed by atoms with Crippen molar-refractivity contribution in [3.63, 3.8) is 0 Å². The summed E-state index contributed by atoms with van der Waals surface area (Å²) in [5, 5.41) is 0. The number of aromatic nitrogens is 1. The topological polar surface area (TPSA) is 77.8 Å². The predicted molar refractivity (Wildman–Crippen MR) is 103 cm³/mol. The molecule has 0 fully saturated rings. The van der Waals surface area contributed by atoms with E-state index in [1.54, 1.807) is 28.0 Å². The minimum absolute atomic E-state index is 0.0933. The Hall–Kier alpha value is -2.32. The number of aryl methyl sites for hydroxylation is 1. The van der Waals surface area contributed by atoms with Crippen LogP contribution in [0.5, 0.6) is 5.75 Å². The zero-order valence-electron chi connectivity index (χ0n) is 16.1. The van der Waals surface area contributed by atoms with E-state index in [9.17, 15) is 13.2 Å². The van der Waals surface area contributed by atoms with Crippen LogP contribution in [-0.2, 0) is 28.2 Å². The second-order valence-corrected chi connectivity index (χ2v) is 7.93. The second-order valence-electron chi connectivity index (χ2n) is 6.00. The molecule has 27 heavy (non-hydrogen) atoms. The molecule has 1 aromatic heterocycles. The maximum atomic E-state index is 12.6. The molecule has 0 unspecified atom stereocenters. The molecule has 7 nitrogen and oxygen atoms in total. The van der Waals surface area contributed by atoms with Crippen LogP contribution >= 0.6 is 0 Å². The van der Waals surface area contributed by atoms with Gasteiger partial charge in [-0.2, -0.15) is 4.31 Å². The SMILES string of the molecule is CCN(CC)S(=O)(=O)c1cc(C(=O)OCCc2ccc(OC)cc2)n(C)c1. The van der Waals surface area contributed by atoms with Crippen LogP contribution in [0.25, 0.3) is 0 Å². The Morgan fingerprint density at radius 1 is 1.15 bits per heavy atom. The molecule has 0 amide bonds. The summed E-state index contributed by atoms with van der Waals surface area (Å²) in [5.74, 6) is 0.216. The highest BCUT2D eigenvalue weighted by atomic mass is 32.2. The number of sulfonamides is 1. The van der Waals surface area contributed by atoms with Gasteiger partial charge in [0.1, 0.15) is 16.3 Å². The zero-order valence-corrected chi connectivity index (χ0v) is 17.0. The van der Waals surface area contributed by atoms with E-state index in [4.69, 9.17) is 9.47 Å². The first-order chi connectivity index (χ1) is 12.8. The standard InChI is InChI=1S/C19H26N2O5S/c1-5-21(6-2)27(23,24)17-13-18(20(3)14-17)19(22)26-12-11-15-7-9-16(25-4)10-8-15/h7-10,13-14H,5-6,11-12H2,1-4H3. The molecule has 0 aliphatic heterocycles.